The Bertz CT molecular complexity index is 1110. The minimum absolute atomic E-state index is 0.0247. The first-order valence-electron chi connectivity index (χ1n) is 13.4. The molecule has 0 spiro atoms. The third kappa shape index (κ3) is 5.14. The van der Waals surface area contributed by atoms with Crippen LogP contribution in [0.4, 0.5) is 5.82 Å². The van der Waals surface area contributed by atoms with Crippen molar-refractivity contribution in [3.05, 3.63) is 65.6 Å². The van der Waals surface area contributed by atoms with Crippen molar-refractivity contribution >= 4 is 17.6 Å². The molecular formula is C27H36N8S. The van der Waals surface area contributed by atoms with E-state index in [0.29, 0.717) is 6.54 Å². The molecule has 1 atom stereocenters. The molecule has 2 aliphatic heterocycles. The summed E-state index contributed by atoms with van der Waals surface area (Å²) in [5, 5.41) is 13.3. The van der Waals surface area contributed by atoms with Gasteiger partial charge in [-0.3, -0.25) is 9.80 Å². The Morgan fingerprint density at radius 2 is 1.75 bits per heavy atom. The van der Waals surface area contributed by atoms with Crippen LogP contribution < -0.4 is 4.90 Å². The molecule has 1 unspecified atom stereocenters. The van der Waals surface area contributed by atoms with Crippen LogP contribution in [0.3, 0.4) is 0 Å². The lowest BCUT2D eigenvalue weighted by atomic mass is 9.91. The largest absolute Gasteiger partial charge is 0.355 e. The topological polar surface area (TPSA) is 66.2 Å². The molecule has 2 saturated heterocycles. The van der Waals surface area contributed by atoms with E-state index in [2.05, 4.69) is 72.7 Å². The van der Waals surface area contributed by atoms with Crippen molar-refractivity contribution in [1.82, 2.24) is 35.0 Å². The maximum atomic E-state index is 4.93. The molecule has 6 rings (SSSR count). The molecule has 0 bridgehead atoms. The highest BCUT2D eigenvalue weighted by atomic mass is 32.2. The molecule has 0 radical (unpaired) electrons. The van der Waals surface area contributed by atoms with Gasteiger partial charge >= 0.3 is 0 Å². The lowest BCUT2D eigenvalue weighted by Crippen LogP contribution is -2.43. The highest BCUT2D eigenvalue weighted by molar-refractivity contribution is 7.99. The standard InChI is InChI=1S/C27H36N8S/c1-2-7-22(8-3-1)21-35-27(29-30-31-35)25(33-14-6-13-32(15-16-33)23-9-4-10-23)24-11-5-12-28-26(24)34-17-19-36-20-18-34/h1-3,5,7-8,11-12,23,25H,4,6,9-10,13-21H2. The summed E-state index contributed by atoms with van der Waals surface area (Å²) in [5.74, 6) is 4.30. The predicted molar refractivity (Wildman–Crippen MR) is 144 cm³/mol. The highest BCUT2D eigenvalue weighted by Gasteiger charge is 2.34. The van der Waals surface area contributed by atoms with Crippen molar-refractivity contribution in [2.24, 2.45) is 0 Å². The average Bonchev–Trinajstić information content (AvgIpc) is 3.21. The van der Waals surface area contributed by atoms with E-state index in [1.807, 2.05) is 22.6 Å². The quantitative estimate of drug-likeness (QED) is 0.486. The fourth-order valence-corrected chi connectivity index (χ4v) is 6.67. The molecule has 0 amide bonds. The monoisotopic (exact) mass is 504 g/mol. The molecule has 2 aromatic heterocycles. The number of pyridine rings is 1. The summed E-state index contributed by atoms with van der Waals surface area (Å²) in [6.07, 6.45) is 7.21. The summed E-state index contributed by atoms with van der Waals surface area (Å²) in [4.78, 5) is 12.7. The Labute approximate surface area is 218 Å². The van der Waals surface area contributed by atoms with Gasteiger partial charge in [-0.25, -0.2) is 9.67 Å². The van der Waals surface area contributed by atoms with Gasteiger partial charge in [-0.05, 0) is 47.9 Å². The Kier molecular flexibility index (Phi) is 7.48. The minimum atomic E-state index is -0.0247. The molecule has 8 nitrogen and oxygen atoms in total. The fraction of sp³-hybridized carbons (Fsp3) is 0.556. The number of rotatable bonds is 7. The molecule has 1 saturated carbocycles. The SMILES string of the molecule is c1ccc(Cn2nnnc2C(c2cccnc2N2CCSCC2)N2CCCN(C3CCC3)CC2)cc1. The van der Waals surface area contributed by atoms with E-state index in [-0.39, 0.29) is 6.04 Å². The number of tetrazole rings is 1. The van der Waals surface area contributed by atoms with E-state index in [1.165, 1.54) is 43.4 Å². The maximum absolute atomic E-state index is 4.93. The van der Waals surface area contributed by atoms with Gasteiger partial charge < -0.3 is 4.90 Å². The van der Waals surface area contributed by atoms with Crippen LogP contribution in [0.2, 0.25) is 0 Å². The Morgan fingerprint density at radius 3 is 2.56 bits per heavy atom. The molecule has 190 valence electrons. The lowest BCUT2D eigenvalue weighted by molar-refractivity contribution is 0.127. The minimum Gasteiger partial charge on any atom is -0.355 e. The smallest absolute Gasteiger partial charge is 0.173 e. The van der Waals surface area contributed by atoms with Crippen molar-refractivity contribution < 1.29 is 0 Å². The first kappa shape index (κ1) is 23.9. The summed E-state index contributed by atoms with van der Waals surface area (Å²) in [7, 11) is 0. The molecule has 3 aromatic rings. The van der Waals surface area contributed by atoms with Gasteiger partial charge in [0.2, 0.25) is 0 Å². The third-order valence-electron chi connectivity index (χ3n) is 7.92. The maximum Gasteiger partial charge on any atom is 0.173 e. The molecule has 0 N–H and O–H groups in total. The zero-order valence-corrected chi connectivity index (χ0v) is 21.8. The second-order valence-corrected chi connectivity index (χ2v) is 11.3. The van der Waals surface area contributed by atoms with E-state index in [1.54, 1.807) is 0 Å². The van der Waals surface area contributed by atoms with E-state index < -0.39 is 0 Å². The Hall–Kier alpha value is -2.49. The second kappa shape index (κ2) is 11.3. The van der Waals surface area contributed by atoms with E-state index in [4.69, 9.17) is 4.98 Å². The van der Waals surface area contributed by atoms with E-state index in [9.17, 15) is 0 Å². The van der Waals surface area contributed by atoms with Crippen LogP contribution in [0.1, 0.15) is 48.7 Å². The number of aromatic nitrogens is 5. The van der Waals surface area contributed by atoms with Crippen molar-refractivity contribution in [1.29, 1.82) is 0 Å². The second-order valence-electron chi connectivity index (χ2n) is 10.1. The molecule has 9 heteroatoms. The summed E-state index contributed by atoms with van der Waals surface area (Å²) in [6, 6.07) is 15.6. The molecule has 1 aromatic carbocycles. The summed E-state index contributed by atoms with van der Waals surface area (Å²) >= 11 is 2.03. The van der Waals surface area contributed by atoms with Crippen molar-refractivity contribution in [2.45, 2.75) is 44.3 Å². The average molecular weight is 505 g/mol. The first-order valence-corrected chi connectivity index (χ1v) is 14.6. The van der Waals surface area contributed by atoms with Crippen LogP contribution in [0.25, 0.3) is 0 Å². The van der Waals surface area contributed by atoms with Crippen molar-refractivity contribution in [2.75, 3.05) is 55.7 Å². The third-order valence-corrected chi connectivity index (χ3v) is 8.87. The zero-order valence-electron chi connectivity index (χ0n) is 21.0. The number of thioether (sulfide) groups is 1. The van der Waals surface area contributed by atoms with Gasteiger partial charge in [0.15, 0.2) is 5.82 Å². The Balaban J connectivity index is 1.36. The van der Waals surface area contributed by atoms with Gasteiger partial charge in [-0.1, -0.05) is 42.8 Å². The van der Waals surface area contributed by atoms with Gasteiger partial charge in [-0.2, -0.15) is 11.8 Å². The van der Waals surface area contributed by atoms with Gasteiger partial charge in [0, 0.05) is 62.0 Å². The number of benzene rings is 1. The van der Waals surface area contributed by atoms with Gasteiger partial charge in [0.05, 0.1) is 6.54 Å². The summed E-state index contributed by atoms with van der Waals surface area (Å²) < 4.78 is 2.00. The lowest BCUT2D eigenvalue weighted by Gasteiger charge is -2.37. The van der Waals surface area contributed by atoms with Gasteiger partial charge in [-0.15, -0.1) is 5.10 Å². The number of nitrogens with zero attached hydrogens (tertiary/aromatic N) is 8. The van der Waals surface area contributed by atoms with Crippen LogP contribution in [-0.4, -0.2) is 91.8 Å². The molecule has 3 aliphatic rings. The molecule has 36 heavy (non-hydrogen) atoms. The van der Waals surface area contributed by atoms with Crippen LogP contribution in [-0.2, 0) is 6.54 Å². The summed E-state index contributed by atoms with van der Waals surface area (Å²) in [6.45, 7) is 7.08. The zero-order chi connectivity index (χ0) is 24.2. The van der Waals surface area contributed by atoms with Crippen LogP contribution in [0.15, 0.2) is 48.7 Å². The fourth-order valence-electron chi connectivity index (χ4n) is 5.77. The molecule has 1 aliphatic carbocycles. The Morgan fingerprint density at radius 1 is 0.889 bits per heavy atom. The van der Waals surface area contributed by atoms with E-state index >= 15 is 0 Å². The highest BCUT2D eigenvalue weighted by Crippen LogP contribution is 2.35. The number of hydrogen-bond acceptors (Lipinski definition) is 8. The molecule has 3 fully saturated rings. The number of anilines is 1. The number of hydrogen-bond donors (Lipinski definition) is 0. The van der Waals surface area contributed by atoms with E-state index in [0.717, 1.165) is 61.9 Å². The van der Waals surface area contributed by atoms with Crippen LogP contribution in [0, 0.1) is 0 Å². The van der Waals surface area contributed by atoms with Gasteiger partial charge in [0.1, 0.15) is 11.9 Å². The molecule has 4 heterocycles. The van der Waals surface area contributed by atoms with Crippen molar-refractivity contribution in [3.63, 3.8) is 0 Å². The van der Waals surface area contributed by atoms with Crippen LogP contribution in [0.5, 0.6) is 0 Å². The summed E-state index contributed by atoms with van der Waals surface area (Å²) in [5.41, 5.74) is 2.43. The molecular weight excluding hydrogens is 468 g/mol. The predicted octanol–water partition coefficient (Wildman–Crippen LogP) is 3.32. The first-order chi connectivity index (χ1) is 17.9. The van der Waals surface area contributed by atoms with Crippen molar-refractivity contribution in [3.8, 4) is 0 Å². The normalized spacial score (nSPS) is 21.2. The van der Waals surface area contributed by atoms with Crippen LogP contribution >= 0.6 is 11.8 Å². The van der Waals surface area contributed by atoms with Gasteiger partial charge in [0.25, 0.3) is 0 Å².